The first-order chi connectivity index (χ1) is 16.1. The van der Waals surface area contributed by atoms with Gasteiger partial charge in [-0.3, -0.25) is 14.4 Å². The lowest BCUT2D eigenvalue weighted by molar-refractivity contribution is -0.148. The van der Waals surface area contributed by atoms with Crippen LogP contribution in [0.25, 0.3) is 0 Å². The first kappa shape index (κ1) is 26.8. The van der Waals surface area contributed by atoms with Gasteiger partial charge in [-0.15, -0.1) is 24.9 Å². The number of hydrogen-bond donors (Lipinski definition) is 1. The van der Waals surface area contributed by atoms with Gasteiger partial charge in [-0.2, -0.15) is 0 Å². The molecule has 2 bridgehead atoms. The van der Waals surface area contributed by atoms with Gasteiger partial charge >= 0.3 is 0 Å². The predicted molar refractivity (Wildman–Crippen MR) is 136 cm³/mol. The Bertz CT molecular complexity index is 833. The normalized spacial score (nSPS) is 31.4. The van der Waals surface area contributed by atoms with Crippen LogP contribution >= 0.6 is 11.8 Å². The zero-order valence-corrected chi connectivity index (χ0v) is 22.1. The smallest absolute Gasteiger partial charge is 0.247 e. The minimum Gasteiger partial charge on any atom is -0.394 e. The van der Waals surface area contributed by atoms with Crippen LogP contribution in [0.15, 0.2) is 25.3 Å². The monoisotopic (exact) mass is 491 g/mol. The van der Waals surface area contributed by atoms with Crippen LogP contribution < -0.4 is 0 Å². The van der Waals surface area contributed by atoms with Crippen molar-refractivity contribution in [3.63, 3.8) is 0 Å². The second-order valence-corrected chi connectivity index (χ2v) is 11.9. The first-order valence-corrected chi connectivity index (χ1v) is 13.4. The van der Waals surface area contributed by atoms with E-state index in [2.05, 4.69) is 13.2 Å². The topological polar surface area (TPSA) is 81.2 Å². The number of nitrogens with zero attached hydrogens (tertiary/aromatic N) is 3. The fourth-order valence-electron chi connectivity index (χ4n) is 6.21. The average molecular weight is 492 g/mol. The van der Waals surface area contributed by atoms with Crippen LogP contribution in [0.1, 0.15) is 47.0 Å². The molecule has 0 radical (unpaired) electrons. The minimum atomic E-state index is -0.698. The maximum absolute atomic E-state index is 14.2. The highest BCUT2D eigenvalue weighted by Gasteiger charge is 2.74. The van der Waals surface area contributed by atoms with Crippen LogP contribution in [0, 0.1) is 17.8 Å². The molecule has 3 aliphatic heterocycles. The van der Waals surface area contributed by atoms with Crippen molar-refractivity contribution in [1.82, 2.24) is 14.7 Å². The van der Waals surface area contributed by atoms with E-state index in [0.29, 0.717) is 13.1 Å². The molecular formula is C26H41N3O4S. The Morgan fingerprint density at radius 2 is 1.88 bits per heavy atom. The van der Waals surface area contributed by atoms with Crippen LogP contribution in [0.5, 0.6) is 0 Å². The van der Waals surface area contributed by atoms with E-state index in [1.54, 1.807) is 45.7 Å². The van der Waals surface area contributed by atoms with Crippen LogP contribution in [0.2, 0.25) is 0 Å². The van der Waals surface area contributed by atoms with Gasteiger partial charge in [-0.25, -0.2) is 0 Å². The third-order valence-corrected chi connectivity index (χ3v) is 10.1. The Morgan fingerprint density at radius 3 is 2.41 bits per heavy atom. The van der Waals surface area contributed by atoms with Crippen molar-refractivity contribution >= 4 is 29.5 Å². The van der Waals surface area contributed by atoms with Crippen molar-refractivity contribution < 1.29 is 19.5 Å². The summed E-state index contributed by atoms with van der Waals surface area (Å²) in [5, 5.41) is 10.4. The fourth-order valence-corrected chi connectivity index (χ4v) is 8.41. The molecule has 3 heterocycles. The molecule has 3 rings (SSSR count). The molecule has 8 heteroatoms. The van der Waals surface area contributed by atoms with Crippen molar-refractivity contribution in [3.8, 4) is 0 Å². The number of rotatable bonds is 11. The molecule has 7 nitrogen and oxygen atoms in total. The summed E-state index contributed by atoms with van der Waals surface area (Å²) in [7, 11) is 1.74. The van der Waals surface area contributed by atoms with Gasteiger partial charge < -0.3 is 19.8 Å². The molecule has 3 saturated heterocycles. The van der Waals surface area contributed by atoms with Gasteiger partial charge in [0.05, 0.1) is 29.2 Å². The number of carbonyl (C=O) groups excluding carboxylic acids is 3. The van der Waals surface area contributed by atoms with Gasteiger partial charge in [-0.05, 0) is 32.6 Å². The molecule has 3 aliphatic rings. The van der Waals surface area contributed by atoms with Gasteiger partial charge in [0.1, 0.15) is 6.04 Å². The fraction of sp³-hybridized carbons (Fsp3) is 0.731. The highest BCUT2D eigenvalue weighted by atomic mass is 32.2. The average Bonchev–Trinajstić information content (AvgIpc) is 3.44. The van der Waals surface area contributed by atoms with Gasteiger partial charge in [0, 0.05) is 31.4 Å². The number of likely N-dealkylation sites (N-methyl/N-ethyl adjacent to an activating group) is 1. The van der Waals surface area contributed by atoms with Gasteiger partial charge in [-0.1, -0.05) is 32.4 Å². The molecule has 34 heavy (non-hydrogen) atoms. The Balaban J connectivity index is 2.12. The molecular weight excluding hydrogens is 450 g/mol. The lowest BCUT2D eigenvalue weighted by Gasteiger charge is -2.42. The summed E-state index contributed by atoms with van der Waals surface area (Å²) in [6.07, 6.45) is 5.69. The number of likely N-dealkylation sites (tertiary alicyclic amines) is 1. The summed E-state index contributed by atoms with van der Waals surface area (Å²) in [5.41, 5.74) is 0. The molecule has 190 valence electrons. The van der Waals surface area contributed by atoms with Crippen LogP contribution in [0.4, 0.5) is 0 Å². The Morgan fingerprint density at radius 1 is 1.24 bits per heavy atom. The highest BCUT2D eigenvalue weighted by molar-refractivity contribution is 8.02. The van der Waals surface area contributed by atoms with E-state index in [0.717, 1.165) is 19.3 Å². The SMILES string of the molecule is C=CCN(C)C(=O)[C@@H]1[C@H]2C(=O)N([C@@H](CO)[C@@H](C)CC)C(C(=O)N(CC=C)C(C)C)C23CC[C@H]1S3. The van der Waals surface area contributed by atoms with Crippen molar-refractivity contribution in [2.24, 2.45) is 17.8 Å². The Hall–Kier alpha value is -1.80. The van der Waals surface area contributed by atoms with Gasteiger partial charge in [0.15, 0.2) is 0 Å². The Kier molecular flexibility index (Phi) is 8.23. The summed E-state index contributed by atoms with van der Waals surface area (Å²) < 4.78 is -0.649. The van der Waals surface area contributed by atoms with Crippen LogP contribution in [0.3, 0.4) is 0 Å². The summed E-state index contributed by atoms with van der Waals surface area (Å²) in [5.74, 6) is -1.30. The molecule has 1 N–H and O–H groups in total. The van der Waals surface area contributed by atoms with Crippen molar-refractivity contribution in [1.29, 1.82) is 0 Å². The molecule has 0 aromatic heterocycles. The zero-order valence-electron chi connectivity index (χ0n) is 21.3. The molecule has 0 saturated carbocycles. The second-order valence-electron chi connectivity index (χ2n) is 10.3. The zero-order chi connectivity index (χ0) is 25.4. The lowest BCUT2D eigenvalue weighted by Crippen LogP contribution is -2.59. The third kappa shape index (κ3) is 4.11. The quantitative estimate of drug-likeness (QED) is 0.449. The maximum atomic E-state index is 14.2. The predicted octanol–water partition coefficient (Wildman–Crippen LogP) is 2.55. The standard InChI is InChI=1S/C26H41N3O4S/c1-8-13-27(7)23(31)20-19-11-12-26(34-19)21(20)24(32)29(18(15-30)17(6)10-3)22(26)25(33)28(14-9-2)16(4)5/h8-9,16-22,30H,1-2,10-15H2,3-7H3/t17-,18-,19+,20-,21-,22?,26?/m0/s1. The first-order valence-electron chi connectivity index (χ1n) is 12.5. The van der Waals surface area contributed by atoms with E-state index in [9.17, 15) is 19.5 Å². The van der Waals surface area contributed by atoms with Gasteiger partial charge in [0.2, 0.25) is 17.7 Å². The number of amides is 3. The van der Waals surface area contributed by atoms with Crippen molar-refractivity contribution in [2.75, 3.05) is 26.7 Å². The number of fused-ring (bicyclic) bond motifs is 1. The van der Waals surface area contributed by atoms with E-state index in [-0.39, 0.29) is 41.5 Å². The molecule has 2 unspecified atom stereocenters. The summed E-state index contributed by atoms with van der Waals surface area (Å²) in [6, 6.07) is -1.23. The molecule has 3 amide bonds. The van der Waals surface area contributed by atoms with E-state index in [1.807, 2.05) is 27.7 Å². The van der Waals surface area contributed by atoms with E-state index >= 15 is 0 Å². The molecule has 0 aromatic carbocycles. The van der Waals surface area contributed by atoms with Crippen LogP contribution in [-0.4, -0.2) is 92.4 Å². The van der Waals surface area contributed by atoms with E-state index in [1.165, 1.54) is 0 Å². The third-order valence-electron chi connectivity index (χ3n) is 8.11. The highest BCUT2D eigenvalue weighted by Crippen LogP contribution is 2.67. The number of aliphatic hydroxyl groups excluding tert-OH is 1. The summed E-state index contributed by atoms with van der Waals surface area (Å²) in [4.78, 5) is 46.9. The number of thioether (sulfide) groups is 1. The Labute approximate surface area is 208 Å². The maximum Gasteiger partial charge on any atom is 0.247 e. The van der Waals surface area contributed by atoms with E-state index in [4.69, 9.17) is 0 Å². The summed E-state index contributed by atoms with van der Waals surface area (Å²) in [6.45, 7) is 16.1. The van der Waals surface area contributed by atoms with Crippen molar-refractivity contribution in [3.05, 3.63) is 25.3 Å². The molecule has 7 atom stereocenters. The van der Waals surface area contributed by atoms with E-state index < -0.39 is 28.7 Å². The minimum absolute atomic E-state index is 0.0196. The number of carbonyl (C=O) groups is 3. The molecule has 0 aromatic rings. The largest absolute Gasteiger partial charge is 0.394 e. The van der Waals surface area contributed by atoms with Crippen molar-refractivity contribution in [2.45, 2.75) is 75.1 Å². The van der Waals surface area contributed by atoms with Gasteiger partial charge in [0.25, 0.3) is 0 Å². The molecule has 1 spiro atoms. The summed E-state index contributed by atoms with van der Waals surface area (Å²) >= 11 is 1.67. The van der Waals surface area contributed by atoms with Crippen LogP contribution in [-0.2, 0) is 14.4 Å². The second kappa shape index (κ2) is 10.4. The molecule has 3 fully saturated rings. The number of aliphatic hydroxyl groups is 1. The number of hydrogen-bond acceptors (Lipinski definition) is 5. The lowest BCUT2D eigenvalue weighted by atomic mass is 9.70. The molecule has 0 aliphatic carbocycles.